The minimum atomic E-state index is -0.571. The standard InChI is InChI=1S/C15H13NO4/c1-9-8-12(16(19)20)10(2)14(17)13(9)15(18)11-6-4-3-5-7-11/h3-8,17H,1-2H3. The molecule has 2 aromatic rings. The molecular formula is C15H13NO4. The quantitative estimate of drug-likeness (QED) is 0.528. The molecule has 0 amide bonds. The Balaban J connectivity index is 2.62. The molecule has 0 unspecified atom stereocenters. The number of carbonyl (C=O) groups excluding carboxylic acids is 1. The third-order valence-corrected chi connectivity index (χ3v) is 3.18. The van der Waals surface area contributed by atoms with Crippen LogP contribution in [0, 0.1) is 24.0 Å². The zero-order valence-electron chi connectivity index (χ0n) is 11.1. The normalized spacial score (nSPS) is 10.3. The van der Waals surface area contributed by atoms with Crippen LogP contribution < -0.4 is 0 Å². The highest BCUT2D eigenvalue weighted by Gasteiger charge is 2.24. The number of nitrogens with zero attached hydrogens (tertiary/aromatic N) is 1. The van der Waals surface area contributed by atoms with Crippen molar-refractivity contribution in [3.63, 3.8) is 0 Å². The van der Waals surface area contributed by atoms with Gasteiger partial charge in [-0.2, -0.15) is 0 Å². The molecule has 0 aromatic heterocycles. The van der Waals surface area contributed by atoms with Crippen LogP contribution in [0.3, 0.4) is 0 Å². The van der Waals surface area contributed by atoms with Crippen molar-refractivity contribution < 1.29 is 14.8 Å². The lowest BCUT2D eigenvalue weighted by Gasteiger charge is -2.10. The van der Waals surface area contributed by atoms with Crippen molar-refractivity contribution in [1.82, 2.24) is 0 Å². The van der Waals surface area contributed by atoms with Gasteiger partial charge in [0.2, 0.25) is 0 Å². The van der Waals surface area contributed by atoms with Gasteiger partial charge in [-0.1, -0.05) is 30.3 Å². The van der Waals surface area contributed by atoms with Crippen LogP contribution in [0.15, 0.2) is 36.4 Å². The van der Waals surface area contributed by atoms with Crippen molar-refractivity contribution >= 4 is 11.5 Å². The van der Waals surface area contributed by atoms with E-state index in [4.69, 9.17) is 0 Å². The number of carbonyl (C=O) groups is 1. The second-order valence-electron chi connectivity index (χ2n) is 4.51. The second kappa shape index (κ2) is 5.13. The first-order chi connectivity index (χ1) is 9.43. The lowest BCUT2D eigenvalue weighted by molar-refractivity contribution is -0.385. The van der Waals surface area contributed by atoms with E-state index in [0.29, 0.717) is 11.1 Å². The lowest BCUT2D eigenvalue weighted by Crippen LogP contribution is -2.06. The molecule has 5 nitrogen and oxygen atoms in total. The zero-order valence-corrected chi connectivity index (χ0v) is 11.1. The Labute approximate surface area is 115 Å². The van der Waals surface area contributed by atoms with E-state index in [9.17, 15) is 20.0 Å². The van der Waals surface area contributed by atoms with E-state index in [1.54, 1.807) is 37.3 Å². The minimum absolute atomic E-state index is 0.0971. The first-order valence-corrected chi connectivity index (χ1v) is 6.00. The van der Waals surface area contributed by atoms with Crippen LogP contribution in [0.1, 0.15) is 27.0 Å². The Morgan fingerprint density at radius 3 is 2.35 bits per heavy atom. The van der Waals surface area contributed by atoms with Gasteiger partial charge >= 0.3 is 0 Å². The van der Waals surface area contributed by atoms with Crippen LogP contribution in [0.25, 0.3) is 0 Å². The summed E-state index contributed by atoms with van der Waals surface area (Å²) in [6, 6.07) is 9.81. The average Bonchev–Trinajstić information content (AvgIpc) is 2.43. The number of phenols is 1. The molecule has 0 aliphatic heterocycles. The Morgan fingerprint density at radius 1 is 1.20 bits per heavy atom. The zero-order chi connectivity index (χ0) is 14.9. The maximum atomic E-state index is 12.4. The van der Waals surface area contributed by atoms with Gasteiger partial charge in [-0.15, -0.1) is 0 Å². The molecule has 2 rings (SSSR count). The first-order valence-electron chi connectivity index (χ1n) is 6.00. The third kappa shape index (κ3) is 2.25. The summed E-state index contributed by atoms with van der Waals surface area (Å²) in [5.41, 5.74) is 0.830. The van der Waals surface area contributed by atoms with Crippen molar-refractivity contribution in [2.24, 2.45) is 0 Å². The summed E-state index contributed by atoms with van der Waals surface area (Å²) in [6.45, 7) is 3.00. The van der Waals surface area contributed by atoms with Crippen molar-refractivity contribution in [2.45, 2.75) is 13.8 Å². The number of ketones is 1. The highest BCUT2D eigenvalue weighted by molar-refractivity contribution is 6.12. The van der Waals surface area contributed by atoms with Gasteiger partial charge in [0.1, 0.15) is 5.75 Å². The number of aryl methyl sites for hydroxylation is 1. The molecule has 0 bridgehead atoms. The highest BCUT2D eigenvalue weighted by atomic mass is 16.6. The average molecular weight is 271 g/mol. The van der Waals surface area contributed by atoms with Gasteiger partial charge in [0.15, 0.2) is 5.78 Å². The molecular weight excluding hydrogens is 258 g/mol. The van der Waals surface area contributed by atoms with Crippen molar-refractivity contribution in [3.05, 3.63) is 68.8 Å². The van der Waals surface area contributed by atoms with Gasteiger partial charge in [-0.05, 0) is 19.4 Å². The molecule has 5 heteroatoms. The number of benzene rings is 2. The second-order valence-corrected chi connectivity index (χ2v) is 4.51. The summed E-state index contributed by atoms with van der Waals surface area (Å²) in [6.07, 6.45) is 0. The fourth-order valence-electron chi connectivity index (χ4n) is 2.09. The van der Waals surface area contributed by atoms with Crippen LogP contribution in [-0.2, 0) is 0 Å². The SMILES string of the molecule is Cc1cc([N+](=O)[O-])c(C)c(O)c1C(=O)c1ccccc1. The molecule has 0 heterocycles. The Hall–Kier alpha value is -2.69. The van der Waals surface area contributed by atoms with Gasteiger partial charge in [0.05, 0.1) is 16.1 Å². The first kappa shape index (κ1) is 13.7. The molecule has 0 atom stereocenters. The number of nitro benzene ring substituents is 1. The molecule has 20 heavy (non-hydrogen) atoms. The largest absolute Gasteiger partial charge is 0.507 e. The number of hydrogen-bond acceptors (Lipinski definition) is 4. The van der Waals surface area contributed by atoms with Gasteiger partial charge in [-0.3, -0.25) is 14.9 Å². The summed E-state index contributed by atoms with van der Waals surface area (Å²) < 4.78 is 0. The van der Waals surface area contributed by atoms with E-state index in [1.165, 1.54) is 13.0 Å². The number of rotatable bonds is 3. The van der Waals surface area contributed by atoms with E-state index in [-0.39, 0.29) is 28.3 Å². The van der Waals surface area contributed by atoms with Crippen molar-refractivity contribution in [1.29, 1.82) is 0 Å². The Bertz CT molecular complexity index is 693. The number of hydrogen-bond donors (Lipinski definition) is 1. The molecule has 0 aliphatic rings. The molecule has 0 spiro atoms. The molecule has 0 radical (unpaired) electrons. The Morgan fingerprint density at radius 2 is 1.80 bits per heavy atom. The fourth-order valence-corrected chi connectivity index (χ4v) is 2.09. The van der Waals surface area contributed by atoms with Crippen molar-refractivity contribution in [3.8, 4) is 5.75 Å². The van der Waals surface area contributed by atoms with E-state index >= 15 is 0 Å². The summed E-state index contributed by atoms with van der Waals surface area (Å²) in [5, 5.41) is 21.0. The minimum Gasteiger partial charge on any atom is -0.507 e. The summed E-state index contributed by atoms with van der Waals surface area (Å²) in [7, 11) is 0. The van der Waals surface area contributed by atoms with E-state index < -0.39 is 4.92 Å². The van der Waals surface area contributed by atoms with Crippen LogP contribution in [0.5, 0.6) is 5.75 Å². The molecule has 0 aliphatic carbocycles. The van der Waals surface area contributed by atoms with Crippen LogP contribution in [0.2, 0.25) is 0 Å². The summed E-state index contributed by atoms with van der Waals surface area (Å²) in [4.78, 5) is 22.7. The molecule has 1 N–H and O–H groups in total. The fraction of sp³-hybridized carbons (Fsp3) is 0.133. The number of aromatic hydroxyl groups is 1. The molecule has 102 valence electrons. The van der Waals surface area contributed by atoms with Crippen LogP contribution >= 0.6 is 0 Å². The maximum Gasteiger partial charge on any atom is 0.276 e. The molecule has 0 saturated heterocycles. The smallest absolute Gasteiger partial charge is 0.276 e. The highest BCUT2D eigenvalue weighted by Crippen LogP contribution is 2.34. The van der Waals surface area contributed by atoms with E-state index in [0.717, 1.165) is 0 Å². The van der Waals surface area contributed by atoms with Crippen LogP contribution in [0.4, 0.5) is 5.69 Å². The molecule has 0 saturated carbocycles. The summed E-state index contributed by atoms with van der Waals surface area (Å²) in [5.74, 6) is -0.677. The predicted octanol–water partition coefficient (Wildman–Crippen LogP) is 3.15. The predicted molar refractivity (Wildman–Crippen MR) is 74.1 cm³/mol. The molecule has 2 aromatic carbocycles. The monoisotopic (exact) mass is 271 g/mol. The Kier molecular flexibility index (Phi) is 3.52. The number of phenolic OH excluding ortho intramolecular Hbond substituents is 1. The van der Waals surface area contributed by atoms with Gasteiger partial charge in [-0.25, -0.2) is 0 Å². The van der Waals surface area contributed by atoms with E-state index in [1.807, 2.05) is 0 Å². The summed E-state index contributed by atoms with van der Waals surface area (Å²) >= 11 is 0. The third-order valence-electron chi connectivity index (χ3n) is 3.18. The maximum absolute atomic E-state index is 12.4. The van der Waals surface area contributed by atoms with Gasteiger partial charge in [0, 0.05) is 11.6 Å². The van der Waals surface area contributed by atoms with Crippen molar-refractivity contribution in [2.75, 3.05) is 0 Å². The lowest BCUT2D eigenvalue weighted by atomic mass is 9.95. The van der Waals surface area contributed by atoms with Gasteiger partial charge < -0.3 is 5.11 Å². The van der Waals surface area contributed by atoms with E-state index in [2.05, 4.69) is 0 Å². The number of nitro groups is 1. The topological polar surface area (TPSA) is 80.4 Å². The van der Waals surface area contributed by atoms with Crippen LogP contribution in [-0.4, -0.2) is 15.8 Å². The molecule has 0 fully saturated rings. The van der Waals surface area contributed by atoms with Gasteiger partial charge in [0.25, 0.3) is 5.69 Å².